The van der Waals surface area contributed by atoms with E-state index in [1.54, 1.807) is 6.26 Å². The number of anilines is 2. The van der Waals surface area contributed by atoms with Crippen LogP contribution in [-0.2, 0) is 24.1 Å². The maximum atomic E-state index is 10.9. The molecule has 30 heavy (non-hydrogen) atoms. The Morgan fingerprint density at radius 2 is 1.97 bits per heavy atom. The molecular weight excluding hydrogens is 378 g/mol. The van der Waals surface area contributed by atoms with Crippen molar-refractivity contribution in [3.63, 3.8) is 0 Å². The molecule has 0 unspecified atom stereocenters. The molecule has 2 aromatic heterocycles. The van der Waals surface area contributed by atoms with Crippen LogP contribution in [0.5, 0.6) is 0 Å². The molecule has 6 heteroatoms. The van der Waals surface area contributed by atoms with Gasteiger partial charge < -0.3 is 14.4 Å². The normalized spacial score (nSPS) is 13.0. The number of benzene rings is 2. The van der Waals surface area contributed by atoms with E-state index >= 15 is 0 Å². The predicted molar refractivity (Wildman–Crippen MR) is 115 cm³/mol. The molecule has 1 N–H and O–H groups in total. The lowest BCUT2D eigenvalue weighted by molar-refractivity contribution is -0.136. The lowest BCUT2D eigenvalue weighted by atomic mass is 10.1. The Morgan fingerprint density at radius 3 is 2.73 bits per heavy atom. The van der Waals surface area contributed by atoms with E-state index in [-0.39, 0.29) is 6.42 Å². The number of aromatic nitrogens is 2. The first kappa shape index (κ1) is 18.4. The van der Waals surface area contributed by atoms with Crippen molar-refractivity contribution in [3.05, 3.63) is 71.6 Å². The summed E-state index contributed by atoms with van der Waals surface area (Å²) in [4.78, 5) is 23.0. The number of aliphatic carboxylic acids is 1. The Bertz CT molecular complexity index is 1240. The molecule has 0 aliphatic carbocycles. The van der Waals surface area contributed by atoms with E-state index in [0.717, 1.165) is 58.7 Å². The smallest absolute Gasteiger partial charge is 0.307 e. The Hall–Kier alpha value is -3.67. The fraction of sp³-hybridized carbons (Fsp3) is 0.208. The average Bonchev–Trinajstić information content (AvgIpc) is 3.39. The van der Waals surface area contributed by atoms with E-state index in [4.69, 9.17) is 19.5 Å². The molecule has 0 amide bonds. The maximum absolute atomic E-state index is 10.9. The lowest BCUT2D eigenvalue weighted by Crippen LogP contribution is -2.15. The standard InChI is InChI=1S/C24H21N3O3/c1-2-20-19-9-11-27(18-6-3-15(4-7-18)13-22(28)29)24(19)26-23(25-20)17-5-8-21-16(14-17)10-12-30-21/h3-8,10,12,14H,2,9,11,13H2,1H3,(H,28,29). The van der Waals surface area contributed by atoms with Crippen molar-refractivity contribution in [2.75, 3.05) is 11.4 Å². The summed E-state index contributed by atoms with van der Waals surface area (Å²) in [7, 11) is 0. The van der Waals surface area contributed by atoms with Crippen LogP contribution in [0.3, 0.4) is 0 Å². The minimum Gasteiger partial charge on any atom is -0.481 e. The number of hydrogen-bond acceptors (Lipinski definition) is 5. The topological polar surface area (TPSA) is 79.5 Å². The van der Waals surface area contributed by atoms with Gasteiger partial charge in [-0.3, -0.25) is 4.79 Å². The maximum Gasteiger partial charge on any atom is 0.307 e. The number of carboxylic acids is 1. The fourth-order valence-electron chi connectivity index (χ4n) is 4.07. The van der Waals surface area contributed by atoms with Gasteiger partial charge in [0, 0.05) is 34.4 Å². The molecule has 0 saturated heterocycles. The van der Waals surface area contributed by atoms with Gasteiger partial charge in [0.05, 0.1) is 12.7 Å². The van der Waals surface area contributed by atoms with E-state index in [9.17, 15) is 4.79 Å². The number of carbonyl (C=O) groups is 1. The van der Waals surface area contributed by atoms with E-state index in [1.165, 1.54) is 5.56 Å². The number of hydrogen-bond donors (Lipinski definition) is 1. The van der Waals surface area contributed by atoms with Gasteiger partial charge in [0.1, 0.15) is 11.4 Å². The molecule has 1 aliphatic rings. The second-order valence-electron chi connectivity index (χ2n) is 7.46. The van der Waals surface area contributed by atoms with Gasteiger partial charge in [-0.1, -0.05) is 19.1 Å². The van der Waals surface area contributed by atoms with E-state index in [2.05, 4.69) is 17.9 Å². The van der Waals surface area contributed by atoms with Crippen LogP contribution >= 0.6 is 0 Å². The third-order valence-electron chi connectivity index (χ3n) is 5.56. The molecule has 0 atom stereocenters. The zero-order valence-electron chi connectivity index (χ0n) is 16.6. The first-order valence-corrected chi connectivity index (χ1v) is 10.1. The Labute approximate surface area is 173 Å². The van der Waals surface area contributed by atoms with Crippen molar-refractivity contribution in [3.8, 4) is 11.4 Å². The first-order valence-electron chi connectivity index (χ1n) is 10.1. The summed E-state index contributed by atoms with van der Waals surface area (Å²) in [6.45, 7) is 2.95. The Morgan fingerprint density at radius 1 is 1.13 bits per heavy atom. The Balaban J connectivity index is 1.55. The zero-order valence-corrected chi connectivity index (χ0v) is 16.6. The lowest BCUT2D eigenvalue weighted by Gasteiger charge is -2.20. The second-order valence-corrected chi connectivity index (χ2v) is 7.46. The van der Waals surface area contributed by atoms with Crippen LogP contribution in [0.15, 0.2) is 59.2 Å². The summed E-state index contributed by atoms with van der Waals surface area (Å²) in [5.41, 5.74) is 5.88. The van der Waals surface area contributed by atoms with Crippen LogP contribution in [0.4, 0.5) is 11.5 Å². The van der Waals surface area contributed by atoms with Gasteiger partial charge in [-0.15, -0.1) is 0 Å². The number of rotatable bonds is 5. The van der Waals surface area contributed by atoms with Crippen molar-refractivity contribution in [1.82, 2.24) is 9.97 Å². The first-order chi connectivity index (χ1) is 14.6. The zero-order chi connectivity index (χ0) is 20.7. The molecule has 2 aromatic carbocycles. The van der Waals surface area contributed by atoms with Crippen LogP contribution < -0.4 is 4.90 Å². The SMILES string of the molecule is CCc1nc(-c2ccc3occc3c2)nc2c1CCN2c1ccc(CC(=O)O)cc1. The van der Waals surface area contributed by atoms with Crippen molar-refractivity contribution in [2.24, 2.45) is 0 Å². The highest BCUT2D eigenvalue weighted by Gasteiger charge is 2.26. The van der Waals surface area contributed by atoms with Crippen molar-refractivity contribution in [1.29, 1.82) is 0 Å². The third kappa shape index (κ3) is 3.20. The molecule has 3 heterocycles. The number of aryl methyl sites for hydroxylation is 1. The molecule has 6 nitrogen and oxygen atoms in total. The molecule has 4 aromatic rings. The molecule has 0 fully saturated rings. The molecule has 0 saturated carbocycles. The summed E-state index contributed by atoms with van der Waals surface area (Å²) in [6, 6.07) is 15.6. The average molecular weight is 399 g/mol. The third-order valence-corrected chi connectivity index (χ3v) is 5.56. The number of fused-ring (bicyclic) bond motifs is 2. The monoisotopic (exact) mass is 399 g/mol. The van der Waals surface area contributed by atoms with Crippen LogP contribution in [0.25, 0.3) is 22.4 Å². The Kier molecular flexibility index (Phi) is 4.47. The molecule has 1 aliphatic heterocycles. The minimum atomic E-state index is -0.825. The highest BCUT2D eigenvalue weighted by molar-refractivity contribution is 5.82. The number of carboxylic acid groups (broad SMARTS) is 1. The van der Waals surface area contributed by atoms with E-state index in [0.29, 0.717) is 5.82 Å². The molecular formula is C24H21N3O3. The van der Waals surface area contributed by atoms with Gasteiger partial charge in [-0.2, -0.15) is 0 Å². The summed E-state index contributed by atoms with van der Waals surface area (Å²) in [6.07, 6.45) is 3.46. The van der Waals surface area contributed by atoms with Gasteiger partial charge >= 0.3 is 5.97 Å². The summed E-state index contributed by atoms with van der Waals surface area (Å²) >= 11 is 0. The summed E-state index contributed by atoms with van der Waals surface area (Å²) in [5, 5.41) is 10.0. The summed E-state index contributed by atoms with van der Waals surface area (Å²) < 4.78 is 5.45. The molecule has 0 bridgehead atoms. The van der Waals surface area contributed by atoms with Gasteiger partial charge in [0.25, 0.3) is 0 Å². The highest BCUT2D eigenvalue weighted by Crippen LogP contribution is 2.36. The van der Waals surface area contributed by atoms with Crippen molar-refractivity contribution < 1.29 is 14.3 Å². The predicted octanol–water partition coefficient (Wildman–Crippen LogP) is 4.77. The van der Waals surface area contributed by atoms with Crippen LogP contribution in [0.2, 0.25) is 0 Å². The van der Waals surface area contributed by atoms with Gasteiger partial charge in [-0.05, 0) is 54.8 Å². The van der Waals surface area contributed by atoms with Crippen molar-refractivity contribution in [2.45, 2.75) is 26.2 Å². The fourth-order valence-corrected chi connectivity index (χ4v) is 4.07. The highest BCUT2D eigenvalue weighted by atomic mass is 16.4. The number of furan rings is 1. The van der Waals surface area contributed by atoms with E-state index < -0.39 is 5.97 Å². The van der Waals surface area contributed by atoms with E-state index in [1.807, 2.05) is 42.5 Å². The van der Waals surface area contributed by atoms with Crippen LogP contribution in [0.1, 0.15) is 23.7 Å². The minimum absolute atomic E-state index is 0.0274. The molecule has 0 radical (unpaired) electrons. The van der Waals surface area contributed by atoms with Gasteiger partial charge in [-0.25, -0.2) is 9.97 Å². The van der Waals surface area contributed by atoms with Crippen LogP contribution in [0, 0.1) is 0 Å². The largest absolute Gasteiger partial charge is 0.481 e. The second kappa shape index (κ2) is 7.30. The molecule has 0 spiro atoms. The quantitative estimate of drug-likeness (QED) is 0.521. The summed E-state index contributed by atoms with van der Waals surface area (Å²) in [5.74, 6) is 0.826. The molecule has 5 rings (SSSR count). The van der Waals surface area contributed by atoms with Gasteiger partial charge in [0.15, 0.2) is 5.82 Å². The molecule has 150 valence electrons. The number of nitrogens with zero attached hydrogens (tertiary/aromatic N) is 3. The van der Waals surface area contributed by atoms with Crippen LogP contribution in [-0.4, -0.2) is 27.6 Å². The van der Waals surface area contributed by atoms with Gasteiger partial charge in [0.2, 0.25) is 0 Å². The van der Waals surface area contributed by atoms with Crippen molar-refractivity contribution >= 4 is 28.4 Å².